The van der Waals surface area contributed by atoms with E-state index in [4.69, 9.17) is 25.2 Å². The maximum atomic E-state index is 11.9. The molecule has 1 aliphatic heterocycles. The smallest absolute Gasteiger partial charge is 0.490 e. The van der Waals surface area contributed by atoms with Crippen molar-refractivity contribution >= 4 is 40.6 Å². The molecule has 4 unspecified atom stereocenters. The summed E-state index contributed by atoms with van der Waals surface area (Å²) in [6, 6.07) is 0. The van der Waals surface area contributed by atoms with Crippen LogP contribution in [0, 0.1) is 0 Å². The van der Waals surface area contributed by atoms with Crippen LogP contribution in [0.5, 0.6) is 5.88 Å². The number of ether oxygens (including phenoxy) is 1. The number of aromatic nitrogens is 4. The van der Waals surface area contributed by atoms with Crippen LogP contribution in [0.1, 0.15) is 13.2 Å². The van der Waals surface area contributed by atoms with E-state index in [2.05, 4.69) is 28.1 Å². The van der Waals surface area contributed by atoms with E-state index in [0.29, 0.717) is 0 Å². The van der Waals surface area contributed by atoms with Gasteiger partial charge in [-0.05, 0) is 6.92 Å². The zero-order valence-corrected chi connectivity index (χ0v) is 18.9. The maximum Gasteiger partial charge on any atom is 0.490 e. The van der Waals surface area contributed by atoms with Gasteiger partial charge in [-0.2, -0.15) is 18.6 Å². The van der Waals surface area contributed by atoms with E-state index in [9.17, 15) is 33.9 Å². The van der Waals surface area contributed by atoms with Crippen molar-refractivity contribution in [3.63, 3.8) is 0 Å². The third kappa shape index (κ3) is 5.75. The average Bonchev–Trinajstić information content (AvgIpc) is 3.10. The summed E-state index contributed by atoms with van der Waals surface area (Å²) in [5.41, 5.74) is 3.18. The molecule has 0 spiro atoms. The maximum absolute atomic E-state index is 11.9. The van der Waals surface area contributed by atoms with Gasteiger partial charge in [0.15, 0.2) is 17.4 Å². The van der Waals surface area contributed by atoms with E-state index >= 15 is 0 Å². The van der Waals surface area contributed by atoms with Crippen LogP contribution in [0.15, 0.2) is 6.33 Å². The van der Waals surface area contributed by atoms with Crippen LogP contribution in [0.3, 0.4) is 0 Å². The van der Waals surface area contributed by atoms with Gasteiger partial charge in [0, 0.05) is 0 Å². The van der Waals surface area contributed by atoms with Gasteiger partial charge < -0.3 is 45.4 Å². The van der Waals surface area contributed by atoms with Crippen molar-refractivity contribution in [3.8, 4) is 5.88 Å². The van der Waals surface area contributed by atoms with Crippen LogP contribution >= 0.6 is 23.5 Å². The number of imidazole rings is 1. The number of hydrogen-bond acceptors (Lipinski definition) is 14. The summed E-state index contributed by atoms with van der Waals surface area (Å²) >= 11 is 0. The van der Waals surface area contributed by atoms with Gasteiger partial charge in [-0.1, -0.05) is 0 Å². The Kier molecular flexibility index (Phi) is 6.78. The molecule has 186 valence electrons. The molecule has 3 heterocycles. The fourth-order valence-corrected chi connectivity index (χ4v) is 5.97. The first-order valence-corrected chi connectivity index (χ1v) is 13.0. The Hall–Kier alpha value is -1.56. The Morgan fingerprint density at radius 2 is 1.82 bits per heavy atom. The van der Waals surface area contributed by atoms with Gasteiger partial charge in [0.25, 0.3) is 0 Å². The Morgan fingerprint density at radius 3 is 2.42 bits per heavy atom. The number of aliphatic hydroxyl groups is 2. The Balaban J connectivity index is 1.77. The number of phosphoric ester groups is 1. The first-order chi connectivity index (χ1) is 14.9. The molecule has 0 bridgehead atoms. The summed E-state index contributed by atoms with van der Waals surface area (Å²) in [6.07, 6.45) is -3.73. The average molecular weight is 537 g/mol. The lowest BCUT2D eigenvalue weighted by Gasteiger charge is -2.27. The van der Waals surface area contributed by atoms with Crippen LogP contribution in [0.25, 0.3) is 11.2 Å². The molecule has 9 N–H and O–H groups in total. The number of rotatable bonds is 8. The number of nitrogens with zero attached hydrogens (tertiary/aromatic N) is 4. The predicted octanol–water partition coefficient (Wildman–Crippen LogP) is -1.53. The number of phosphoric acid groups is 3. The second-order valence-corrected chi connectivity index (χ2v) is 11.2. The summed E-state index contributed by atoms with van der Waals surface area (Å²) in [7, 11) is -16.8. The Morgan fingerprint density at radius 1 is 1.18 bits per heavy atom. The highest BCUT2D eigenvalue weighted by molar-refractivity contribution is 7.66. The number of nitrogens with two attached hydrogens (primary N) is 1. The SMILES string of the molecule is CC1(O)C(O)[C@@H](COP(=O)(O)OP(=O)(O)OP(=O)(O)O)O[C@H]1n1cnc2c(O)nc(N)nc21. The first kappa shape index (κ1) is 26.1. The zero-order valence-electron chi connectivity index (χ0n) is 16.2. The predicted molar refractivity (Wildman–Crippen MR) is 102 cm³/mol. The van der Waals surface area contributed by atoms with Crippen molar-refractivity contribution in [2.75, 3.05) is 12.3 Å². The monoisotopic (exact) mass is 537 g/mol. The van der Waals surface area contributed by atoms with Crippen LogP contribution < -0.4 is 5.73 Å². The summed E-state index contributed by atoms with van der Waals surface area (Å²) in [4.78, 5) is 47.0. The van der Waals surface area contributed by atoms with Crippen molar-refractivity contribution in [2.45, 2.75) is 31.0 Å². The number of aromatic hydroxyl groups is 1. The minimum Gasteiger partial charge on any atom is -0.492 e. The van der Waals surface area contributed by atoms with E-state index in [1.807, 2.05) is 0 Å². The zero-order chi connectivity index (χ0) is 25.0. The third-order valence-electron chi connectivity index (χ3n) is 4.25. The number of aliphatic hydroxyl groups excluding tert-OH is 1. The molecule has 2 aromatic rings. The fourth-order valence-electron chi connectivity index (χ4n) is 2.94. The Labute approximate surface area is 182 Å². The lowest BCUT2D eigenvalue weighted by Crippen LogP contribution is -2.44. The largest absolute Gasteiger partial charge is 0.492 e. The summed E-state index contributed by atoms with van der Waals surface area (Å²) in [5, 5.41) is 31.0. The minimum atomic E-state index is -5.74. The summed E-state index contributed by atoms with van der Waals surface area (Å²) < 4.78 is 52.0. The molecule has 1 saturated heterocycles. The molecule has 1 aliphatic rings. The van der Waals surface area contributed by atoms with Gasteiger partial charge in [0.2, 0.25) is 11.8 Å². The van der Waals surface area contributed by atoms with Crippen molar-refractivity contribution in [1.29, 1.82) is 0 Å². The second-order valence-electron chi connectivity index (χ2n) is 6.81. The molecule has 0 amide bonds. The van der Waals surface area contributed by atoms with Crippen molar-refractivity contribution in [3.05, 3.63) is 6.33 Å². The molecule has 0 saturated carbocycles. The highest BCUT2D eigenvalue weighted by Crippen LogP contribution is 2.66. The molecule has 22 heteroatoms. The highest BCUT2D eigenvalue weighted by Gasteiger charge is 2.54. The number of anilines is 1. The van der Waals surface area contributed by atoms with Crippen LogP contribution in [-0.2, 0) is 31.6 Å². The topological polar surface area (TPSA) is 299 Å². The second kappa shape index (κ2) is 8.58. The molecule has 3 rings (SSSR count). The van der Waals surface area contributed by atoms with Gasteiger partial charge in [-0.25, -0.2) is 18.7 Å². The number of fused-ring (bicyclic) bond motifs is 1. The Bertz CT molecular complexity index is 1200. The third-order valence-corrected chi connectivity index (χ3v) is 8.05. The summed E-state index contributed by atoms with van der Waals surface area (Å²) in [5.74, 6) is -0.914. The number of nitrogen functional groups attached to an aromatic ring is 1. The van der Waals surface area contributed by atoms with Crippen molar-refractivity contribution in [2.24, 2.45) is 0 Å². The number of hydrogen-bond donors (Lipinski definition) is 8. The van der Waals surface area contributed by atoms with E-state index in [-0.39, 0.29) is 17.1 Å². The molecular weight excluding hydrogens is 519 g/mol. The lowest BCUT2D eigenvalue weighted by atomic mass is 9.96. The van der Waals surface area contributed by atoms with Gasteiger partial charge in [0.05, 0.1) is 12.9 Å². The van der Waals surface area contributed by atoms with Crippen LogP contribution in [-0.4, -0.2) is 78.8 Å². The van der Waals surface area contributed by atoms with Gasteiger partial charge in [-0.15, -0.1) is 0 Å². The van der Waals surface area contributed by atoms with E-state index < -0.39 is 60.0 Å². The van der Waals surface area contributed by atoms with Crippen molar-refractivity contribution < 1.29 is 66.5 Å². The molecule has 0 aromatic carbocycles. The van der Waals surface area contributed by atoms with Crippen LogP contribution in [0.4, 0.5) is 5.95 Å². The highest BCUT2D eigenvalue weighted by atomic mass is 31.3. The lowest BCUT2D eigenvalue weighted by molar-refractivity contribution is -0.0949. The quantitative estimate of drug-likeness (QED) is 0.177. The molecule has 0 radical (unpaired) electrons. The first-order valence-electron chi connectivity index (χ1n) is 8.45. The van der Waals surface area contributed by atoms with Gasteiger partial charge in [-0.3, -0.25) is 9.09 Å². The fraction of sp³-hybridized carbons (Fsp3) is 0.545. The van der Waals surface area contributed by atoms with Gasteiger partial charge in [0.1, 0.15) is 17.8 Å². The molecule has 19 nitrogen and oxygen atoms in total. The van der Waals surface area contributed by atoms with E-state index in [1.165, 1.54) is 0 Å². The van der Waals surface area contributed by atoms with Crippen LogP contribution in [0.2, 0.25) is 0 Å². The summed E-state index contributed by atoms with van der Waals surface area (Å²) in [6.45, 7) is 0.107. The normalized spacial score (nSPS) is 29.7. The van der Waals surface area contributed by atoms with Crippen molar-refractivity contribution in [1.82, 2.24) is 19.5 Å². The molecule has 1 fully saturated rings. The molecule has 6 atom stereocenters. The minimum absolute atomic E-state index is 0.0917. The standard InChI is InChI=1S/C11H18N5O14P3/c1-11(19)6(17)4(2-27-32(23,24)30-33(25,26)29-31(20,21)22)28-9(11)16-3-13-5-7(16)14-10(12)15-8(5)18/h3-4,6,9,17,19H,2H2,1H3,(H,23,24)(H,25,26)(H2,20,21,22)(H3,12,14,15,18)/t4-,6?,9-,11?/m1/s1. The molecule has 0 aliphatic carbocycles. The van der Waals surface area contributed by atoms with E-state index in [1.54, 1.807) is 0 Å². The molecule has 33 heavy (non-hydrogen) atoms. The van der Waals surface area contributed by atoms with Gasteiger partial charge >= 0.3 is 23.5 Å². The molecular formula is C11H18N5O14P3. The van der Waals surface area contributed by atoms with E-state index in [0.717, 1.165) is 17.8 Å². The molecule has 2 aromatic heterocycles.